The van der Waals surface area contributed by atoms with Crippen molar-refractivity contribution in [2.45, 2.75) is 19.9 Å². The Balaban J connectivity index is 1.96. The van der Waals surface area contributed by atoms with Gasteiger partial charge in [-0.05, 0) is 49.6 Å². The monoisotopic (exact) mass is 504 g/mol. The van der Waals surface area contributed by atoms with Gasteiger partial charge in [0.25, 0.3) is 5.56 Å². The van der Waals surface area contributed by atoms with E-state index in [0.29, 0.717) is 26.2 Å². The van der Waals surface area contributed by atoms with E-state index < -0.39 is 12.0 Å². The van der Waals surface area contributed by atoms with Gasteiger partial charge in [0.2, 0.25) is 0 Å². The Morgan fingerprint density at radius 2 is 2.20 bits per heavy atom. The van der Waals surface area contributed by atoms with E-state index in [0.717, 1.165) is 9.35 Å². The summed E-state index contributed by atoms with van der Waals surface area (Å²) in [4.78, 5) is 32.0. The summed E-state index contributed by atoms with van der Waals surface area (Å²) in [5, 5.41) is 12.1. The molecule has 154 valence electrons. The first kappa shape index (κ1) is 20.8. The fourth-order valence-corrected chi connectivity index (χ4v) is 5.53. The Kier molecular flexibility index (Phi) is 5.77. The second kappa shape index (κ2) is 8.33. The van der Waals surface area contributed by atoms with Gasteiger partial charge in [-0.2, -0.15) is 0 Å². The molecule has 1 aromatic carbocycles. The number of thiazole rings is 1. The number of aromatic nitrogens is 1. The number of aromatic hydroxyl groups is 1. The van der Waals surface area contributed by atoms with Crippen molar-refractivity contribution in [2.24, 2.45) is 4.99 Å². The number of allylic oxidation sites excluding steroid dienone is 1. The maximum atomic E-state index is 13.4. The Morgan fingerprint density at radius 1 is 1.40 bits per heavy atom. The Hall–Kier alpha value is -2.49. The molecule has 3 aromatic rings. The third kappa shape index (κ3) is 3.68. The van der Waals surface area contributed by atoms with Gasteiger partial charge in [-0.1, -0.05) is 33.3 Å². The number of hydrogen-bond donors (Lipinski definition) is 1. The van der Waals surface area contributed by atoms with Crippen LogP contribution in [0.15, 0.2) is 61.2 Å². The van der Waals surface area contributed by atoms with Gasteiger partial charge in [0.1, 0.15) is 11.8 Å². The molecule has 2 aromatic heterocycles. The standard InChI is InChI=1S/C21H17BrN2O4S2/c1-3-28-20(27)17-11(2)23-21-24(18(17)15-5-4-8-29-15)19(26)16(30-21)10-12-9-13(22)6-7-14(12)25/h4-10,18,25H,3H2,1-2H3/b16-10-. The van der Waals surface area contributed by atoms with Gasteiger partial charge >= 0.3 is 5.97 Å². The van der Waals surface area contributed by atoms with E-state index >= 15 is 0 Å². The lowest BCUT2D eigenvalue weighted by Crippen LogP contribution is -2.39. The Bertz CT molecular complexity index is 1340. The normalized spacial score (nSPS) is 16.4. The van der Waals surface area contributed by atoms with E-state index in [1.54, 1.807) is 38.1 Å². The number of halogens is 1. The van der Waals surface area contributed by atoms with Crippen LogP contribution in [0.2, 0.25) is 0 Å². The number of hydrogen-bond acceptors (Lipinski definition) is 7. The minimum Gasteiger partial charge on any atom is -0.507 e. The number of benzene rings is 1. The van der Waals surface area contributed by atoms with Crippen molar-refractivity contribution in [1.82, 2.24) is 4.57 Å². The second-order valence-electron chi connectivity index (χ2n) is 6.52. The highest BCUT2D eigenvalue weighted by atomic mass is 79.9. The van der Waals surface area contributed by atoms with Crippen LogP contribution in [-0.4, -0.2) is 22.2 Å². The zero-order chi connectivity index (χ0) is 21.4. The number of esters is 1. The zero-order valence-electron chi connectivity index (χ0n) is 16.1. The van der Waals surface area contributed by atoms with Crippen molar-refractivity contribution in [1.29, 1.82) is 0 Å². The Morgan fingerprint density at radius 3 is 2.90 bits per heavy atom. The van der Waals surface area contributed by atoms with Gasteiger partial charge < -0.3 is 9.84 Å². The van der Waals surface area contributed by atoms with Crippen molar-refractivity contribution < 1.29 is 14.6 Å². The lowest BCUT2D eigenvalue weighted by atomic mass is 10.0. The third-order valence-electron chi connectivity index (χ3n) is 4.61. The molecule has 9 heteroatoms. The van der Waals surface area contributed by atoms with Gasteiger partial charge in [0, 0.05) is 14.9 Å². The molecule has 0 saturated heterocycles. The van der Waals surface area contributed by atoms with E-state index in [1.807, 2.05) is 17.5 Å². The molecule has 0 aliphatic carbocycles. The molecule has 0 fully saturated rings. The third-order valence-corrected chi connectivity index (χ3v) is 7.01. The number of phenolic OH excluding ortho intramolecular Hbond substituents is 1. The van der Waals surface area contributed by atoms with Crippen LogP contribution < -0.4 is 14.9 Å². The molecule has 4 rings (SSSR count). The molecule has 1 N–H and O–H groups in total. The number of thiophene rings is 1. The number of phenols is 1. The summed E-state index contributed by atoms with van der Waals surface area (Å²) in [7, 11) is 0. The average Bonchev–Trinajstić information content (AvgIpc) is 3.33. The number of carbonyl (C=O) groups is 1. The first-order chi connectivity index (χ1) is 14.4. The summed E-state index contributed by atoms with van der Waals surface area (Å²) in [6, 6.07) is 8.20. The number of ether oxygens (including phenoxy) is 1. The van der Waals surface area contributed by atoms with Crippen molar-refractivity contribution in [3.63, 3.8) is 0 Å². The van der Waals surface area contributed by atoms with Crippen molar-refractivity contribution in [3.05, 3.63) is 81.6 Å². The van der Waals surface area contributed by atoms with Crippen LogP contribution in [0.5, 0.6) is 5.75 Å². The summed E-state index contributed by atoms with van der Waals surface area (Å²) >= 11 is 6.07. The molecule has 0 amide bonds. The van der Waals surface area contributed by atoms with Gasteiger partial charge in [0.15, 0.2) is 4.80 Å². The minimum absolute atomic E-state index is 0.0715. The van der Waals surface area contributed by atoms with Crippen molar-refractivity contribution in [3.8, 4) is 5.75 Å². The highest BCUT2D eigenvalue weighted by Crippen LogP contribution is 2.33. The molecular formula is C21H17BrN2O4S2. The van der Waals surface area contributed by atoms with Gasteiger partial charge in [-0.15, -0.1) is 11.3 Å². The molecular weight excluding hydrogens is 488 g/mol. The lowest BCUT2D eigenvalue weighted by molar-refractivity contribution is -0.139. The van der Waals surface area contributed by atoms with Crippen LogP contribution in [0.3, 0.4) is 0 Å². The zero-order valence-corrected chi connectivity index (χ0v) is 19.3. The molecule has 0 spiro atoms. The summed E-state index contributed by atoms with van der Waals surface area (Å²) in [5.41, 5.74) is 1.14. The quantitative estimate of drug-likeness (QED) is 0.552. The van der Waals surface area contributed by atoms with Crippen molar-refractivity contribution >= 4 is 50.6 Å². The Labute approximate surface area is 188 Å². The predicted molar refractivity (Wildman–Crippen MR) is 121 cm³/mol. The van der Waals surface area contributed by atoms with Gasteiger partial charge in [-0.25, -0.2) is 9.79 Å². The van der Waals surface area contributed by atoms with Crippen LogP contribution in [-0.2, 0) is 9.53 Å². The van der Waals surface area contributed by atoms with E-state index in [-0.39, 0.29) is 17.9 Å². The van der Waals surface area contributed by atoms with Crippen LogP contribution in [0, 0.1) is 0 Å². The number of carbonyl (C=O) groups excluding carboxylic acids is 1. The van der Waals surface area contributed by atoms with Gasteiger partial charge in [0.05, 0.1) is 22.4 Å². The van der Waals surface area contributed by atoms with E-state index in [4.69, 9.17) is 4.74 Å². The topological polar surface area (TPSA) is 80.9 Å². The molecule has 1 aliphatic heterocycles. The van der Waals surface area contributed by atoms with E-state index in [2.05, 4.69) is 20.9 Å². The number of fused-ring (bicyclic) bond motifs is 1. The first-order valence-corrected chi connectivity index (χ1v) is 11.6. The minimum atomic E-state index is -0.599. The van der Waals surface area contributed by atoms with E-state index in [9.17, 15) is 14.7 Å². The van der Waals surface area contributed by atoms with Crippen molar-refractivity contribution in [2.75, 3.05) is 6.61 Å². The van der Waals surface area contributed by atoms with Crippen LogP contribution in [0.1, 0.15) is 30.3 Å². The number of nitrogens with zero attached hydrogens (tertiary/aromatic N) is 2. The van der Waals surface area contributed by atoms with E-state index in [1.165, 1.54) is 27.2 Å². The van der Waals surface area contributed by atoms with Crippen LogP contribution in [0.25, 0.3) is 6.08 Å². The summed E-state index contributed by atoms with van der Waals surface area (Å²) < 4.78 is 8.00. The first-order valence-electron chi connectivity index (χ1n) is 9.12. The highest BCUT2D eigenvalue weighted by molar-refractivity contribution is 9.10. The maximum Gasteiger partial charge on any atom is 0.338 e. The summed E-state index contributed by atoms with van der Waals surface area (Å²) in [6.45, 7) is 3.73. The lowest BCUT2D eigenvalue weighted by Gasteiger charge is -2.23. The molecule has 30 heavy (non-hydrogen) atoms. The molecule has 6 nitrogen and oxygen atoms in total. The van der Waals surface area contributed by atoms with Gasteiger partial charge in [-0.3, -0.25) is 9.36 Å². The van der Waals surface area contributed by atoms with Crippen LogP contribution in [0.4, 0.5) is 0 Å². The molecule has 0 radical (unpaired) electrons. The summed E-state index contributed by atoms with van der Waals surface area (Å²) in [6.07, 6.45) is 1.64. The molecule has 1 atom stereocenters. The number of rotatable bonds is 4. The summed E-state index contributed by atoms with van der Waals surface area (Å²) in [5.74, 6) is -0.404. The SMILES string of the molecule is CCOC(=O)C1=C(C)N=c2s/c(=C\c3cc(Br)ccc3O)c(=O)n2C1c1cccs1. The molecule has 1 unspecified atom stereocenters. The predicted octanol–water partition coefficient (Wildman–Crippen LogP) is 3.33. The smallest absolute Gasteiger partial charge is 0.338 e. The fraction of sp³-hybridized carbons (Fsp3) is 0.190. The molecule has 0 saturated carbocycles. The highest BCUT2D eigenvalue weighted by Gasteiger charge is 2.33. The maximum absolute atomic E-state index is 13.4. The molecule has 1 aliphatic rings. The molecule has 0 bridgehead atoms. The molecule has 3 heterocycles. The van der Waals surface area contributed by atoms with Crippen LogP contribution >= 0.6 is 38.6 Å². The second-order valence-corrected chi connectivity index (χ2v) is 9.42. The largest absolute Gasteiger partial charge is 0.507 e. The fourth-order valence-electron chi connectivity index (χ4n) is 3.29. The average molecular weight is 505 g/mol.